The summed E-state index contributed by atoms with van der Waals surface area (Å²) in [6.07, 6.45) is 0.604. The standard InChI is InChI=1S/C13H19N3O3/c1-3-15(4-2)8-7-14-12-6-5-11(10-17)9-13(12)16(18)19/h5-6,9-10,14H,3-4,7-8H2,1-2H3. The molecule has 0 bridgehead atoms. The molecule has 0 spiro atoms. The molecule has 104 valence electrons. The highest BCUT2D eigenvalue weighted by Gasteiger charge is 2.14. The topological polar surface area (TPSA) is 75.5 Å². The second-order valence-electron chi connectivity index (χ2n) is 4.11. The number of carbonyl (C=O) groups excluding carboxylic acids is 1. The highest BCUT2D eigenvalue weighted by Crippen LogP contribution is 2.24. The van der Waals surface area contributed by atoms with Crippen molar-refractivity contribution in [3.05, 3.63) is 33.9 Å². The first-order valence-electron chi connectivity index (χ1n) is 6.32. The smallest absolute Gasteiger partial charge is 0.293 e. The van der Waals surface area contributed by atoms with Crippen molar-refractivity contribution in [3.8, 4) is 0 Å². The lowest BCUT2D eigenvalue weighted by Gasteiger charge is -2.18. The predicted octanol–water partition coefficient (Wildman–Crippen LogP) is 2.16. The third-order valence-corrected chi connectivity index (χ3v) is 2.99. The largest absolute Gasteiger partial charge is 0.378 e. The molecule has 0 aliphatic rings. The molecule has 19 heavy (non-hydrogen) atoms. The number of benzene rings is 1. The second-order valence-corrected chi connectivity index (χ2v) is 4.11. The van der Waals surface area contributed by atoms with Crippen molar-refractivity contribution in [2.75, 3.05) is 31.5 Å². The van der Waals surface area contributed by atoms with Gasteiger partial charge in [-0.25, -0.2) is 0 Å². The van der Waals surface area contributed by atoms with E-state index in [1.165, 1.54) is 6.07 Å². The number of nitrogens with zero attached hydrogens (tertiary/aromatic N) is 2. The van der Waals surface area contributed by atoms with Gasteiger partial charge in [-0.15, -0.1) is 0 Å². The Balaban J connectivity index is 2.72. The summed E-state index contributed by atoms with van der Waals surface area (Å²) in [4.78, 5) is 23.3. The molecule has 0 unspecified atom stereocenters. The van der Waals surface area contributed by atoms with Crippen molar-refractivity contribution in [3.63, 3.8) is 0 Å². The Morgan fingerprint density at radius 1 is 1.37 bits per heavy atom. The van der Waals surface area contributed by atoms with Crippen LogP contribution < -0.4 is 5.32 Å². The number of nitrogens with one attached hydrogen (secondary N) is 1. The van der Waals surface area contributed by atoms with Crippen LogP contribution in [-0.4, -0.2) is 42.3 Å². The van der Waals surface area contributed by atoms with E-state index in [1.54, 1.807) is 12.1 Å². The summed E-state index contributed by atoms with van der Waals surface area (Å²) in [5, 5.41) is 14.0. The van der Waals surface area contributed by atoms with Crippen LogP contribution >= 0.6 is 0 Å². The highest BCUT2D eigenvalue weighted by molar-refractivity contribution is 5.79. The molecule has 1 aromatic rings. The highest BCUT2D eigenvalue weighted by atomic mass is 16.6. The molecule has 0 fully saturated rings. The first kappa shape index (κ1) is 15.1. The Morgan fingerprint density at radius 2 is 2.05 bits per heavy atom. The van der Waals surface area contributed by atoms with Crippen LogP contribution in [0.15, 0.2) is 18.2 Å². The molecule has 0 aromatic heterocycles. The number of anilines is 1. The first-order valence-corrected chi connectivity index (χ1v) is 6.32. The van der Waals surface area contributed by atoms with Crippen molar-refractivity contribution in [1.29, 1.82) is 0 Å². The van der Waals surface area contributed by atoms with E-state index < -0.39 is 4.92 Å². The molecule has 0 radical (unpaired) electrons. The summed E-state index contributed by atoms with van der Waals surface area (Å²) in [6.45, 7) is 7.49. The molecule has 0 amide bonds. The molecule has 0 saturated heterocycles. The van der Waals surface area contributed by atoms with Crippen molar-refractivity contribution in [1.82, 2.24) is 4.90 Å². The minimum atomic E-state index is -0.479. The van der Waals surface area contributed by atoms with E-state index >= 15 is 0 Å². The molecule has 0 heterocycles. The van der Waals surface area contributed by atoms with Gasteiger partial charge in [0.05, 0.1) is 4.92 Å². The fraction of sp³-hybridized carbons (Fsp3) is 0.462. The van der Waals surface area contributed by atoms with Gasteiger partial charge < -0.3 is 10.2 Å². The minimum absolute atomic E-state index is 0.0656. The Hall–Kier alpha value is -1.95. The molecule has 0 atom stereocenters. The number of nitro groups is 1. The van der Waals surface area contributed by atoms with E-state index in [2.05, 4.69) is 24.1 Å². The maximum atomic E-state index is 10.9. The van der Waals surface area contributed by atoms with Crippen LogP contribution in [0.1, 0.15) is 24.2 Å². The van der Waals surface area contributed by atoms with E-state index in [0.717, 1.165) is 19.6 Å². The summed E-state index contributed by atoms with van der Waals surface area (Å²) in [5.74, 6) is 0. The number of likely N-dealkylation sites (N-methyl/N-ethyl adjacent to an activating group) is 1. The predicted molar refractivity (Wildman–Crippen MR) is 74.8 cm³/mol. The van der Waals surface area contributed by atoms with Gasteiger partial charge in [0.1, 0.15) is 12.0 Å². The lowest BCUT2D eigenvalue weighted by molar-refractivity contribution is -0.384. The van der Waals surface area contributed by atoms with Crippen molar-refractivity contribution in [2.24, 2.45) is 0 Å². The van der Waals surface area contributed by atoms with Gasteiger partial charge in [-0.1, -0.05) is 13.8 Å². The molecule has 1 aromatic carbocycles. The summed E-state index contributed by atoms with van der Waals surface area (Å²) in [7, 11) is 0. The van der Waals surface area contributed by atoms with Crippen LogP contribution in [0.2, 0.25) is 0 Å². The number of aldehydes is 1. The Bertz CT molecular complexity index is 445. The summed E-state index contributed by atoms with van der Waals surface area (Å²) >= 11 is 0. The zero-order chi connectivity index (χ0) is 14.3. The Labute approximate surface area is 112 Å². The van der Waals surface area contributed by atoms with Crippen LogP contribution in [0.5, 0.6) is 0 Å². The number of nitro benzene ring substituents is 1. The van der Waals surface area contributed by atoms with E-state index in [9.17, 15) is 14.9 Å². The van der Waals surface area contributed by atoms with Gasteiger partial charge in [-0.2, -0.15) is 0 Å². The van der Waals surface area contributed by atoms with Gasteiger partial charge in [0, 0.05) is 24.7 Å². The van der Waals surface area contributed by atoms with Crippen molar-refractivity contribution >= 4 is 17.7 Å². The maximum Gasteiger partial charge on any atom is 0.293 e. The number of hydrogen-bond donors (Lipinski definition) is 1. The molecule has 1 rings (SSSR count). The second kappa shape index (κ2) is 7.48. The molecule has 6 nitrogen and oxygen atoms in total. The molecule has 0 saturated carbocycles. The van der Waals surface area contributed by atoms with E-state index in [0.29, 0.717) is 24.1 Å². The third-order valence-electron chi connectivity index (χ3n) is 2.99. The fourth-order valence-electron chi connectivity index (χ4n) is 1.81. The monoisotopic (exact) mass is 265 g/mol. The fourth-order valence-corrected chi connectivity index (χ4v) is 1.81. The maximum absolute atomic E-state index is 10.9. The van der Waals surface area contributed by atoms with Gasteiger partial charge in [0.2, 0.25) is 0 Å². The summed E-state index contributed by atoms with van der Waals surface area (Å²) in [5.41, 5.74) is 0.688. The van der Waals surface area contributed by atoms with Gasteiger partial charge in [0.15, 0.2) is 0 Å². The number of rotatable bonds is 8. The molecule has 0 aliphatic carbocycles. The number of carbonyl (C=O) groups is 1. The van der Waals surface area contributed by atoms with Crippen LogP contribution in [0.4, 0.5) is 11.4 Å². The van der Waals surface area contributed by atoms with Gasteiger partial charge in [0.25, 0.3) is 5.69 Å². The van der Waals surface area contributed by atoms with E-state index in [-0.39, 0.29) is 5.69 Å². The Morgan fingerprint density at radius 3 is 2.58 bits per heavy atom. The normalized spacial score (nSPS) is 10.5. The molecule has 1 N–H and O–H groups in total. The summed E-state index contributed by atoms with van der Waals surface area (Å²) < 4.78 is 0. The van der Waals surface area contributed by atoms with Crippen LogP contribution in [0.3, 0.4) is 0 Å². The molecular weight excluding hydrogens is 246 g/mol. The van der Waals surface area contributed by atoms with Crippen LogP contribution in [0, 0.1) is 10.1 Å². The van der Waals surface area contributed by atoms with E-state index in [1.807, 2.05) is 0 Å². The van der Waals surface area contributed by atoms with Crippen LogP contribution in [-0.2, 0) is 0 Å². The van der Waals surface area contributed by atoms with Gasteiger partial charge in [-0.3, -0.25) is 14.9 Å². The van der Waals surface area contributed by atoms with Crippen molar-refractivity contribution in [2.45, 2.75) is 13.8 Å². The molecule has 6 heteroatoms. The quantitative estimate of drug-likeness (QED) is 0.443. The SMILES string of the molecule is CCN(CC)CCNc1ccc(C=O)cc1[N+](=O)[O-]. The molecular formula is C13H19N3O3. The third kappa shape index (κ3) is 4.33. The van der Waals surface area contributed by atoms with Gasteiger partial charge >= 0.3 is 0 Å². The lowest BCUT2D eigenvalue weighted by Crippen LogP contribution is -2.28. The zero-order valence-electron chi connectivity index (χ0n) is 11.3. The number of hydrogen-bond acceptors (Lipinski definition) is 5. The first-order chi connectivity index (χ1) is 9.12. The van der Waals surface area contributed by atoms with Crippen molar-refractivity contribution < 1.29 is 9.72 Å². The van der Waals surface area contributed by atoms with Gasteiger partial charge in [-0.05, 0) is 25.2 Å². The zero-order valence-corrected chi connectivity index (χ0v) is 11.3. The average molecular weight is 265 g/mol. The Kier molecular flexibility index (Phi) is 5.95. The van der Waals surface area contributed by atoms with Crippen LogP contribution in [0.25, 0.3) is 0 Å². The minimum Gasteiger partial charge on any atom is -0.378 e. The average Bonchev–Trinajstić information content (AvgIpc) is 2.43. The lowest BCUT2D eigenvalue weighted by atomic mass is 10.2. The summed E-state index contributed by atoms with van der Waals surface area (Å²) in [6, 6.07) is 4.43. The van der Waals surface area contributed by atoms with E-state index in [4.69, 9.17) is 0 Å². The molecule has 0 aliphatic heterocycles.